The van der Waals surface area contributed by atoms with Crippen molar-refractivity contribution in [2.45, 2.75) is 63.1 Å². The van der Waals surface area contributed by atoms with Crippen LogP contribution in [0.2, 0.25) is 0 Å². The van der Waals surface area contributed by atoms with Crippen LogP contribution in [-0.4, -0.2) is 56.9 Å². The van der Waals surface area contributed by atoms with E-state index in [0.29, 0.717) is 19.4 Å². The third-order valence-electron chi connectivity index (χ3n) is 4.97. The largest absolute Gasteiger partial charge is 0.480 e. The predicted octanol–water partition coefficient (Wildman–Crippen LogP) is 0.605. The summed E-state index contributed by atoms with van der Waals surface area (Å²) in [5.41, 5.74) is -0.972. The Hall–Kier alpha value is -1.43. The van der Waals surface area contributed by atoms with Gasteiger partial charge in [0, 0.05) is 12.6 Å². The van der Waals surface area contributed by atoms with E-state index in [9.17, 15) is 19.5 Å². The van der Waals surface area contributed by atoms with E-state index in [-0.39, 0.29) is 24.3 Å². The van der Waals surface area contributed by atoms with E-state index in [2.05, 4.69) is 0 Å². The minimum absolute atomic E-state index is 0.0726. The van der Waals surface area contributed by atoms with E-state index < -0.39 is 17.6 Å². The molecule has 0 spiro atoms. The average molecular weight is 280 g/mol. The molecule has 3 aliphatic rings. The monoisotopic (exact) mass is 280 g/mol. The number of rotatable bonds is 4. The molecule has 0 bridgehead atoms. The van der Waals surface area contributed by atoms with Gasteiger partial charge in [0.25, 0.3) is 0 Å². The molecule has 2 aliphatic heterocycles. The minimum atomic E-state index is -0.972. The van der Waals surface area contributed by atoms with Crippen LogP contribution in [0.4, 0.5) is 0 Å². The first-order chi connectivity index (χ1) is 9.51. The fourth-order valence-electron chi connectivity index (χ4n) is 3.71. The van der Waals surface area contributed by atoms with E-state index in [4.69, 9.17) is 0 Å². The molecule has 1 aliphatic carbocycles. The molecule has 3 rings (SSSR count). The topological polar surface area (TPSA) is 77.9 Å². The van der Waals surface area contributed by atoms with Crippen LogP contribution in [0, 0.1) is 0 Å². The predicted molar refractivity (Wildman–Crippen MR) is 69.9 cm³/mol. The Labute approximate surface area is 117 Å². The molecule has 2 heterocycles. The van der Waals surface area contributed by atoms with Crippen molar-refractivity contribution >= 4 is 17.8 Å². The molecule has 0 aromatic rings. The van der Waals surface area contributed by atoms with Crippen molar-refractivity contribution in [2.24, 2.45) is 0 Å². The summed E-state index contributed by atoms with van der Waals surface area (Å²) in [6.45, 7) is 2.43. The van der Waals surface area contributed by atoms with Crippen LogP contribution in [0.1, 0.15) is 45.4 Å². The molecule has 6 nitrogen and oxygen atoms in total. The molecular weight excluding hydrogens is 260 g/mol. The summed E-state index contributed by atoms with van der Waals surface area (Å²) in [5.74, 6) is -1.19. The quantitative estimate of drug-likeness (QED) is 0.763. The van der Waals surface area contributed by atoms with Gasteiger partial charge in [0.15, 0.2) is 0 Å². The molecule has 110 valence electrons. The van der Waals surface area contributed by atoms with Crippen LogP contribution in [0.5, 0.6) is 0 Å². The van der Waals surface area contributed by atoms with Gasteiger partial charge >= 0.3 is 5.97 Å². The second kappa shape index (κ2) is 4.55. The van der Waals surface area contributed by atoms with Gasteiger partial charge in [-0.1, -0.05) is 6.92 Å². The lowest BCUT2D eigenvalue weighted by Crippen LogP contribution is -2.56. The van der Waals surface area contributed by atoms with Gasteiger partial charge in [-0.2, -0.15) is 0 Å². The number of carboxylic acids is 1. The maximum atomic E-state index is 12.5. The fraction of sp³-hybridized carbons (Fsp3) is 0.786. The van der Waals surface area contributed by atoms with Crippen molar-refractivity contribution in [1.29, 1.82) is 0 Å². The number of carboxylic acid groups (broad SMARTS) is 1. The van der Waals surface area contributed by atoms with E-state index >= 15 is 0 Å². The lowest BCUT2D eigenvalue weighted by Gasteiger charge is -2.36. The molecule has 3 fully saturated rings. The third-order valence-corrected chi connectivity index (χ3v) is 4.97. The fourth-order valence-corrected chi connectivity index (χ4v) is 3.71. The van der Waals surface area contributed by atoms with Crippen molar-refractivity contribution in [3.8, 4) is 0 Å². The van der Waals surface area contributed by atoms with Crippen molar-refractivity contribution in [1.82, 2.24) is 9.80 Å². The molecular formula is C14H20N2O4. The first-order valence-corrected chi connectivity index (χ1v) is 7.37. The Morgan fingerprint density at radius 3 is 2.65 bits per heavy atom. The van der Waals surface area contributed by atoms with E-state index in [1.54, 1.807) is 4.90 Å². The van der Waals surface area contributed by atoms with Gasteiger partial charge in [-0.3, -0.25) is 24.2 Å². The van der Waals surface area contributed by atoms with Crippen LogP contribution >= 0.6 is 0 Å². The second-order valence-electron chi connectivity index (χ2n) is 6.04. The lowest BCUT2D eigenvalue weighted by atomic mass is 9.91. The van der Waals surface area contributed by atoms with E-state index in [1.807, 2.05) is 6.92 Å². The zero-order valence-electron chi connectivity index (χ0n) is 11.7. The lowest BCUT2D eigenvalue weighted by molar-refractivity contribution is -0.153. The smallest absolute Gasteiger partial charge is 0.324 e. The second-order valence-corrected chi connectivity index (χ2v) is 6.04. The molecule has 0 radical (unpaired) electrons. The Morgan fingerprint density at radius 1 is 1.40 bits per heavy atom. The number of imide groups is 1. The number of hydrogen-bond donors (Lipinski definition) is 1. The highest BCUT2D eigenvalue weighted by molar-refractivity contribution is 6.06. The summed E-state index contributed by atoms with van der Waals surface area (Å²) in [7, 11) is 0. The third kappa shape index (κ3) is 1.78. The van der Waals surface area contributed by atoms with Crippen molar-refractivity contribution < 1.29 is 19.5 Å². The zero-order valence-corrected chi connectivity index (χ0v) is 11.7. The molecule has 0 aromatic heterocycles. The number of nitrogens with zero attached hydrogens (tertiary/aromatic N) is 2. The molecule has 1 N–H and O–H groups in total. The maximum Gasteiger partial charge on any atom is 0.324 e. The number of amides is 2. The van der Waals surface area contributed by atoms with E-state index in [1.165, 1.54) is 4.90 Å². The van der Waals surface area contributed by atoms with Crippen molar-refractivity contribution in [3.05, 3.63) is 0 Å². The SMILES string of the molecule is CCC1(C(=O)O)CCCN1C1CC(=O)N(C2CC2)C1=O. The maximum absolute atomic E-state index is 12.5. The minimum Gasteiger partial charge on any atom is -0.480 e. The van der Waals surface area contributed by atoms with Gasteiger partial charge in [-0.25, -0.2) is 0 Å². The van der Waals surface area contributed by atoms with Gasteiger partial charge < -0.3 is 5.11 Å². The van der Waals surface area contributed by atoms with Gasteiger partial charge in [0.05, 0.1) is 12.5 Å². The number of likely N-dealkylation sites (tertiary alicyclic amines) is 2. The molecule has 1 saturated carbocycles. The summed E-state index contributed by atoms with van der Waals surface area (Å²) in [4.78, 5) is 39.4. The van der Waals surface area contributed by atoms with Crippen molar-refractivity contribution in [3.63, 3.8) is 0 Å². The Balaban J connectivity index is 1.87. The standard InChI is InChI=1S/C14H20N2O4/c1-2-14(13(19)20)6-3-7-15(14)10-8-11(17)16(12(10)18)9-4-5-9/h9-10H,2-8H2,1H3,(H,19,20). The summed E-state index contributed by atoms with van der Waals surface area (Å²) in [6, 6.07) is -0.495. The van der Waals surface area contributed by atoms with Crippen LogP contribution < -0.4 is 0 Å². The number of carbonyl (C=O) groups excluding carboxylic acids is 2. The normalized spacial score (nSPS) is 35.0. The van der Waals surface area contributed by atoms with Crippen LogP contribution in [0.3, 0.4) is 0 Å². The Morgan fingerprint density at radius 2 is 2.10 bits per heavy atom. The van der Waals surface area contributed by atoms with Gasteiger partial charge in [0.1, 0.15) is 5.54 Å². The van der Waals surface area contributed by atoms with Crippen LogP contribution in [0.15, 0.2) is 0 Å². The summed E-state index contributed by atoms with van der Waals surface area (Å²) >= 11 is 0. The average Bonchev–Trinajstić information content (AvgIpc) is 3.06. The van der Waals surface area contributed by atoms with E-state index in [0.717, 1.165) is 19.3 Å². The number of hydrogen-bond acceptors (Lipinski definition) is 4. The van der Waals surface area contributed by atoms with Crippen molar-refractivity contribution in [2.75, 3.05) is 6.54 Å². The Kier molecular flexibility index (Phi) is 3.08. The molecule has 2 amide bonds. The first-order valence-electron chi connectivity index (χ1n) is 7.37. The first kappa shape index (κ1) is 13.5. The molecule has 0 aromatic carbocycles. The molecule has 6 heteroatoms. The summed E-state index contributed by atoms with van der Waals surface area (Å²) in [5, 5.41) is 9.58. The number of aliphatic carboxylic acids is 1. The number of carbonyl (C=O) groups is 3. The molecule has 2 unspecified atom stereocenters. The molecule has 2 saturated heterocycles. The molecule has 2 atom stereocenters. The summed E-state index contributed by atoms with van der Waals surface area (Å²) < 4.78 is 0. The van der Waals surface area contributed by atoms with Gasteiger partial charge in [0.2, 0.25) is 11.8 Å². The molecule has 20 heavy (non-hydrogen) atoms. The zero-order chi connectivity index (χ0) is 14.5. The van der Waals surface area contributed by atoms with Crippen LogP contribution in [-0.2, 0) is 14.4 Å². The highest BCUT2D eigenvalue weighted by Gasteiger charge is 2.56. The Bertz CT molecular complexity index is 474. The highest BCUT2D eigenvalue weighted by Crippen LogP contribution is 2.39. The van der Waals surface area contributed by atoms with Gasteiger partial charge in [-0.15, -0.1) is 0 Å². The van der Waals surface area contributed by atoms with Gasteiger partial charge in [-0.05, 0) is 32.1 Å². The highest BCUT2D eigenvalue weighted by atomic mass is 16.4. The summed E-state index contributed by atoms with van der Waals surface area (Å²) in [6.07, 6.45) is 3.71. The van der Waals surface area contributed by atoms with Crippen LogP contribution in [0.25, 0.3) is 0 Å².